The predicted molar refractivity (Wildman–Crippen MR) is 65.7 cm³/mol. The fourth-order valence-electron chi connectivity index (χ4n) is 2.09. The molecule has 0 unspecified atom stereocenters. The first-order chi connectivity index (χ1) is 5.85. The minimum Gasteiger partial charge on any atom is -0.318 e. The third-order valence-corrected chi connectivity index (χ3v) is 5.12. The number of hydrogen-bond acceptors (Lipinski definition) is 3. The van der Waals surface area contributed by atoms with Crippen LogP contribution in [0, 0.1) is 0 Å². The van der Waals surface area contributed by atoms with Gasteiger partial charge in [0.25, 0.3) is 0 Å². The van der Waals surface area contributed by atoms with Gasteiger partial charge in [-0.1, -0.05) is 27.7 Å². The van der Waals surface area contributed by atoms with Gasteiger partial charge in [-0.25, -0.2) is 0 Å². The zero-order valence-corrected chi connectivity index (χ0v) is 10.9. The SMILES string of the molecule is CNCC1SC(C)(C)CC(C)(C)S1. The molecule has 0 saturated carbocycles. The quantitative estimate of drug-likeness (QED) is 0.767. The van der Waals surface area contributed by atoms with E-state index in [1.165, 1.54) is 6.42 Å². The van der Waals surface area contributed by atoms with E-state index in [2.05, 4.69) is 56.5 Å². The highest BCUT2D eigenvalue weighted by atomic mass is 32.2. The van der Waals surface area contributed by atoms with Gasteiger partial charge in [0.15, 0.2) is 0 Å². The molecule has 0 aromatic carbocycles. The lowest BCUT2D eigenvalue weighted by Crippen LogP contribution is -2.39. The van der Waals surface area contributed by atoms with E-state index in [0.29, 0.717) is 14.1 Å². The normalized spacial score (nSPS) is 27.5. The van der Waals surface area contributed by atoms with E-state index in [9.17, 15) is 0 Å². The summed E-state index contributed by atoms with van der Waals surface area (Å²) in [7, 11) is 2.04. The topological polar surface area (TPSA) is 12.0 Å². The Morgan fingerprint density at radius 3 is 2.00 bits per heavy atom. The minimum absolute atomic E-state index is 0.441. The first kappa shape index (κ1) is 11.7. The maximum absolute atomic E-state index is 3.27. The van der Waals surface area contributed by atoms with Crippen molar-refractivity contribution in [3.8, 4) is 0 Å². The van der Waals surface area contributed by atoms with Crippen LogP contribution >= 0.6 is 23.5 Å². The molecule has 0 aliphatic carbocycles. The van der Waals surface area contributed by atoms with Gasteiger partial charge in [0.1, 0.15) is 0 Å². The molecule has 1 nitrogen and oxygen atoms in total. The summed E-state index contributed by atoms with van der Waals surface area (Å²) in [6, 6.07) is 0. The molecule has 1 fully saturated rings. The largest absolute Gasteiger partial charge is 0.318 e. The second-order valence-corrected chi connectivity index (χ2v) is 9.04. The summed E-state index contributed by atoms with van der Waals surface area (Å²) < 4.78 is 1.59. The molecular weight excluding hydrogens is 198 g/mol. The molecule has 0 amide bonds. The average molecular weight is 219 g/mol. The molecule has 1 aliphatic heterocycles. The fraction of sp³-hybridized carbons (Fsp3) is 1.00. The molecule has 0 radical (unpaired) electrons. The molecule has 0 spiro atoms. The molecule has 1 aliphatic rings. The highest BCUT2D eigenvalue weighted by molar-refractivity contribution is 8.18. The lowest BCUT2D eigenvalue weighted by molar-refractivity contribution is 0.531. The van der Waals surface area contributed by atoms with E-state index in [1.807, 2.05) is 7.05 Å². The van der Waals surface area contributed by atoms with Gasteiger partial charge in [-0.3, -0.25) is 0 Å². The Balaban J connectivity index is 2.61. The first-order valence-corrected chi connectivity index (χ1v) is 6.61. The standard InChI is InChI=1S/C10H21NS2/c1-9(2)7-10(3,4)13-8(12-9)6-11-5/h8,11H,6-7H2,1-5H3. The highest BCUT2D eigenvalue weighted by Gasteiger charge is 2.39. The second kappa shape index (κ2) is 4.03. The fourth-order valence-corrected chi connectivity index (χ4v) is 6.75. The van der Waals surface area contributed by atoms with Crippen LogP contribution in [0.3, 0.4) is 0 Å². The molecule has 13 heavy (non-hydrogen) atoms. The first-order valence-electron chi connectivity index (χ1n) is 4.85. The molecular formula is C10H21NS2. The van der Waals surface area contributed by atoms with Crippen molar-refractivity contribution >= 4 is 23.5 Å². The van der Waals surface area contributed by atoms with Crippen molar-refractivity contribution in [3.63, 3.8) is 0 Å². The van der Waals surface area contributed by atoms with Crippen LogP contribution in [0.5, 0.6) is 0 Å². The number of nitrogens with one attached hydrogen (secondary N) is 1. The Morgan fingerprint density at radius 1 is 1.15 bits per heavy atom. The molecule has 0 atom stereocenters. The third kappa shape index (κ3) is 3.72. The zero-order chi connectivity index (χ0) is 10.1. The van der Waals surface area contributed by atoms with Gasteiger partial charge in [0.2, 0.25) is 0 Å². The van der Waals surface area contributed by atoms with Crippen LogP contribution in [-0.4, -0.2) is 27.7 Å². The molecule has 1 rings (SSSR count). The maximum atomic E-state index is 3.27. The summed E-state index contributed by atoms with van der Waals surface area (Å²) in [5.74, 6) is 0. The summed E-state index contributed by atoms with van der Waals surface area (Å²) in [4.78, 5) is 0. The Kier molecular flexibility index (Phi) is 3.64. The summed E-state index contributed by atoms with van der Waals surface area (Å²) >= 11 is 4.23. The molecule has 1 N–H and O–H groups in total. The molecule has 3 heteroatoms. The van der Waals surface area contributed by atoms with Crippen LogP contribution < -0.4 is 5.32 Å². The average Bonchev–Trinajstić information content (AvgIpc) is 1.78. The van der Waals surface area contributed by atoms with Crippen molar-refractivity contribution < 1.29 is 0 Å². The van der Waals surface area contributed by atoms with Gasteiger partial charge in [-0.05, 0) is 13.5 Å². The van der Waals surface area contributed by atoms with E-state index in [1.54, 1.807) is 0 Å². The summed E-state index contributed by atoms with van der Waals surface area (Å²) in [6.45, 7) is 10.6. The van der Waals surface area contributed by atoms with Gasteiger partial charge in [0, 0.05) is 16.0 Å². The van der Waals surface area contributed by atoms with Gasteiger partial charge < -0.3 is 5.32 Å². The minimum atomic E-state index is 0.441. The van der Waals surface area contributed by atoms with Crippen molar-refractivity contribution in [2.45, 2.75) is 48.2 Å². The van der Waals surface area contributed by atoms with Gasteiger partial charge in [-0.2, -0.15) is 0 Å². The molecule has 0 aromatic rings. The molecule has 0 bridgehead atoms. The number of hydrogen-bond donors (Lipinski definition) is 1. The second-order valence-electron chi connectivity index (χ2n) is 4.92. The number of thioether (sulfide) groups is 2. The van der Waals surface area contributed by atoms with Crippen LogP contribution in [-0.2, 0) is 0 Å². The van der Waals surface area contributed by atoms with E-state index < -0.39 is 0 Å². The summed E-state index contributed by atoms with van der Waals surface area (Å²) in [5.41, 5.74) is 0. The van der Waals surface area contributed by atoms with Crippen LogP contribution in [0.4, 0.5) is 0 Å². The van der Waals surface area contributed by atoms with Crippen molar-refractivity contribution in [2.75, 3.05) is 13.6 Å². The molecule has 1 saturated heterocycles. The van der Waals surface area contributed by atoms with E-state index in [-0.39, 0.29) is 0 Å². The van der Waals surface area contributed by atoms with Crippen LogP contribution in [0.15, 0.2) is 0 Å². The Bertz CT molecular complexity index is 162. The van der Waals surface area contributed by atoms with Gasteiger partial charge in [-0.15, -0.1) is 23.5 Å². The van der Waals surface area contributed by atoms with Gasteiger partial charge >= 0.3 is 0 Å². The lowest BCUT2D eigenvalue weighted by Gasteiger charge is -2.43. The van der Waals surface area contributed by atoms with Crippen molar-refractivity contribution in [2.24, 2.45) is 0 Å². The Morgan fingerprint density at radius 2 is 1.62 bits per heavy atom. The van der Waals surface area contributed by atoms with Crippen molar-refractivity contribution in [1.29, 1.82) is 0 Å². The molecule has 0 aromatic heterocycles. The highest BCUT2D eigenvalue weighted by Crippen LogP contribution is 2.51. The monoisotopic (exact) mass is 219 g/mol. The zero-order valence-electron chi connectivity index (χ0n) is 9.31. The lowest BCUT2D eigenvalue weighted by atomic mass is 9.99. The van der Waals surface area contributed by atoms with E-state index in [0.717, 1.165) is 6.54 Å². The van der Waals surface area contributed by atoms with Gasteiger partial charge in [0.05, 0.1) is 4.58 Å². The summed E-state index contributed by atoms with van der Waals surface area (Å²) in [5, 5.41) is 3.27. The number of rotatable bonds is 2. The van der Waals surface area contributed by atoms with E-state index in [4.69, 9.17) is 0 Å². The molecule has 78 valence electrons. The van der Waals surface area contributed by atoms with Crippen LogP contribution in [0.2, 0.25) is 0 Å². The van der Waals surface area contributed by atoms with E-state index >= 15 is 0 Å². The van der Waals surface area contributed by atoms with Crippen LogP contribution in [0.25, 0.3) is 0 Å². The Labute approximate surface area is 90.8 Å². The third-order valence-electron chi connectivity index (χ3n) is 2.12. The smallest absolute Gasteiger partial charge is 0.0637 e. The summed E-state index contributed by atoms with van der Waals surface area (Å²) in [6.07, 6.45) is 1.30. The maximum Gasteiger partial charge on any atom is 0.0637 e. The Hall–Kier alpha value is 0.660. The van der Waals surface area contributed by atoms with Crippen molar-refractivity contribution in [3.05, 3.63) is 0 Å². The van der Waals surface area contributed by atoms with Crippen molar-refractivity contribution in [1.82, 2.24) is 5.32 Å². The van der Waals surface area contributed by atoms with Crippen LogP contribution in [0.1, 0.15) is 34.1 Å². The molecule has 1 heterocycles. The predicted octanol–water partition coefficient (Wildman–Crippen LogP) is 2.96.